The molecule has 0 aromatic heterocycles. The average Bonchev–Trinajstić information content (AvgIpc) is 2.35. The molecule has 0 heterocycles. The minimum Gasteiger partial charge on any atom is -0.379 e. The maximum Gasteiger partial charge on any atom is 0.288 e. The highest BCUT2D eigenvalue weighted by molar-refractivity contribution is 6.32. The molecule has 0 amide bonds. The topological polar surface area (TPSA) is 61.6 Å². The lowest BCUT2D eigenvalue weighted by atomic mass is 10.2. The van der Waals surface area contributed by atoms with Crippen molar-refractivity contribution in [2.75, 3.05) is 13.2 Å². The largest absolute Gasteiger partial charge is 0.379 e. The molecule has 0 aliphatic heterocycles. The van der Waals surface area contributed by atoms with Crippen molar-refractivity contribution in [2.24, 2.45) is 0 Å². The van der Waals surface area contributed by atoms with Gasteiger partial charge in [-0.3, -0.25) is 10.1 Å². The van der Waals surface area contributed by atoms with Crippen LogP contribution >= 0.6 is 11.6 Å². The molecule has 0 aliphatic carbocycles. The van der Waals surface area contributed by atoms with E-state index in [0.717, 1.165) is 5.56 Å². The zero-order valence-electron chi connectivity index (χ0n) is 10.4. The van der Waals surface area contributed by atoms with E-state index in [-0.39, 0.29) is 16.8 Å². The van der Waals surface area contributed by atoms with Crippen molar-refractivity contribution in [2.45, 2.75) is 26.6 Å². The summed E-state index contributed by atoms with van der Waals surface area (Å²) in [6.07, 6.45) is -0.0558. The molecule has 100 valence electrons. The lowest BCUT2D eigenvalue weighted by molar-refractivity contribution is -0.384. The van der Waals surface area contributed by atoms with Crippen molar-refractivity contribution in [3.63, 3.8) is 0 Å². The van der Waals surface area contributed by atoms with Gasteiger partial charge in [-0.15, -0.1) is 0 Å². The average molecular weight is 274 g/mol. The zero-order chi connectivity index (χ0) is 13.5. The quantitative estimate of drug-likeness (QED) is 0.565. The SMILES string of the molecule is CCOCC(C)OCc1ccc(Cl)c([N+](=O)[O-])c1. The molecular weight excluding hydrogens is 258 g/mol. The van der Waals surface area contributed by atoms with E-state index in [1.54, 1.807) is 6.07 Å². The first-order chi connectivity index (χ1) is 8.54. The molecule has 1 aromatic carbocycles. The van der Waals surface area contributed by atoms with Crippen LogP contribution in [0.5, 0.6) is 0 Å². The maximum atomic E-state index is 10.7. The second kappa shape index (κ2) is 7.31. The third kappa shape index (κ3) is 4.60. The van der Waals surface area contributed by atoms with Gasteiger partial charge in [0.1, 0.15) is 5.02 Å². The second-order valence-corrected chi connectivity index (χ2v) is 4.23. The van der Waals surface area contributed by atoms with Crippen LogP contribution < -0.4 is 0 Å². The molecule has 0 bridgehead atoms. The van der Waals surface area contributed by atoms with Gasteiger partial charge in [0, 0.05) is 12.7 Å². The Balaban J connectivity index is 2.57. The molecule has 6 heteroatoms. The number of hydrogen-bond acceptors (Lipinski definition) is 4. The summed E-state index contributed by atoms with van der Waals surface area (Å²) >= 11 is 5.72. The maximum absolute atomic E-state index is 10.7. The predicted molar refractivity (Wildman–Crippen MR) is 68.9 cm³/mol. The van der Waals surface area contributed by atoms with Crippen molar-refractivity contribution < 1.29 is 14.4 Å². The Hall–Kier alpha value is -1.17. The van der Waals surface area contributed by atoms with Crippen molar-refractivity contribution in [3.05, 3.63) is 38.9 Å². The second-order valence-electron chi connectivity index (χ2n) is 3.82. The van der Waals surface area contributed by atoms with Crippen LogP contribution in [0, 0.1) is 10.1 Å². The van der Waals surface area contributed by atoms with Crippen LogP contribution in [0.25, 0.3) is 0 Å². The van der Waals surface area contributed by atoms with Gasteiger partial charge in [-0.05, 0) is 25.5 Å². The first-order valence-electron chi connectivity index (χ1n) is 5.66. The van der Waals surface area contributed by atoms with E-state index in [2.05, 4.69) is 0 Å². The third-order valence-electron chi connectivity index (χ3n) is 2.30. The van der Waals surface area contributed by atoms with Gasteiger partial charge >= 0.3 is 0 Å². The molecular formula is C12H16ClNO4. The molecule has 1 rings (SSSR count). The number of hydrogen-bond donors (Lipinski definition) is 0. The standard InChI is InChI=1S/C12H16ClNO4/c1-3-17-7-9(2)18-8-10-4-5-11(13)12(6-10)14(15)16/h4-6,9H,3,7-8H2,1-2H3. The number of nitro benzene ring substituents is 1. The van der Waals surface area contributed by atoms with Crippen molar-refractivity contribution in [1.29, 1.82) is 0 Å². The molecule has 0 saturated carbocycles. The Labute approximate surface area is 111 Å². The fourth-order valence-electron chi connectivity index (χ4n) is 1.36. The van der Waals surface area contributed by atoms with Gasteiger partial charge in [0.05, 0.1) is 24.2 Å². The lowest BCUT2D eigenvalue weighted by Gasteiger charge is -2.12. The zero-order valence-corrected chi connectivity index (χ0v) is 11.1. The van der Waals surface area contributed by atoms with Gasteiger partial charge < -0.3 is 9.47 Å². The number of benzene rings is 1. The summed E-state index contributed by atoms with van der Waals surface area (Å²) in [7, 11) is 0. The minimum atomic E-state index is -0.505. The van der Waals surface area contributed by atoms with E-state index in [1.807, 2.05) is 13.8 Å². The smallest absolute Gasteiger partial charge is 0.288 e. The van der Waals surface area contributed by atoms with Crippen LogP contribution in [0.1, 0.15) is 19.4 Å². The summed E-state index contributed by atoms with van der Waals surface area (Å²) in [5.74, 6) is 0. The van der Waals surface area contributed by atoms with Gasteiger partial charge in [0.15, 0.2) is 0 Å². The molecule has 1 unspecified atom stereocenters. The molecule has 0 radical (unpaired) electrons. The predicted octanol–water partition coefficient (Wildman–Crippen LogP) is 3.19. The van der Waals surface area contributed by atoms with Crippen LogP contribution in [-0.2, 0) is 16.1 Å². The number of ether oxygens (including phenoxy) is 2. The molecule has 0 spiro atoms. The molecule has 1 aromatic rings. The van der Waals surface area contributed by atoms with Crippen molar-refractivity contribution >= 4 is 17.3 Å². The Morgan fingerprint density at radius 3 is 2.83 bits per heavy atom. The Morgan fingerprint density at radius 1 is 1.50 bits per heavy atom. The third-order valence-corrected chi connectivity index (χ3v) is 2.62. The van der Waals surface area contributed by atoms with E-state index in [4.69, 9.17) is 21.1 Å². The first-order valence-corrected chi connectivity index (χ1v) is 6.04. The summed E-state index contributed by atoms with van der Waals surface area (Å²) in [6, 6.07) is 4.64. The number of nitro groups is 1. The van der Waals surface area contributed by atoms with Gasteiger partial charge in [-0.1, -0.05) is 17.7 Å². The van der Waals surface area contributed by atoms with Crippen LogP contribution in [0.4, 0.5) is 5.69 Å². The Morgan fingerprint density at radius 2 is 2.22 bits per heavy atom. The molecule has 0 aliphatic rings. The molecule has 18 heavy (non-hydrogen) atoms. The monoisotopic (exact) mass is 273 g/mol. The summed E-state index contributed by atoms with van der Waals surface area (Å²) < 4.78 is 10.7. The Bertz CT molecular complexity index is 411. The van der Waals surface area contributed by atoms with Crippen LogP contribution in [0.3, 0.4) is 0 Å². The summed E-state index contributed by atoms with van der Waals surface area (Å²) in [6.45, 7) is 5.24. The fraction of sp³-hybridized carbons (Fsp3) is 0.500. The number of rotatable bonds is 7. The Kier molecular flexibility index (Phi) is 6.04. The fourth-order valence-corrected chi connectivity index (χ4v) is 1.54. The number of nitrogens with zero attached hydrogens (tertiary/aromatic N) is 1. The highest BCUT2D eigenvalue weighted by Crippen LogP contribution is 2.25. The molecule has 0 fully saturated rings. The van der Waals surface area contributed by atoms with Gasteiger partial charge in [-0.2, -0.15) is 0 Å². The summed E-state index contributed by atoms with van der Waals surface area (Å²) in [5, 5.41) is 10.8. The van der Waals surface area contributed by atoms with Crippen molar-refractivity contribution in [1.82, 2.24) is 0 Å². The van der Waals surface area contributed by atoms with E-state index in [1.165, 1.54) is 12.1 Å². The van der Waals surface area contributed by atoms with E-state index >= 15 is 0 Å². The normalized spacial score (nSPS) is 12.4. The molecule has 1 atom stereocenters. The number of halogens is 1. The van der Waals surface area contributed by atoms with Gasteiger partial charge in [0.25, 0.3) is 5.69 Å². The molecule has 0 saturated heterocycles. The first kappa shape index (κ1) is 14.9. The van der Waals surface area contributed by atoms with Crippen molar-refractivity contribution in [3.8, 4) is 0 Å². The van der Waals surface area contributed by atoms with E-state index in [9.17, 15) is 10.1 Å². The molecule has 5 nitrogen and oxygen atoms in total. The van der Waals surface area contributed by atoms with E-state index in [0.29, 0.717) is 19.8 Å². The van der Waals surface area contributed by atoms with Gasteiger partial charge in [0.2, 0.25) is 0 Å². The van der Waals surface area contributed by atoms with E-state index < -0.39 is 4.92 Å². The highest BCUT2D eigenvalue weighted by atomic mass is 35.5. The lowest BCUT2D eigenvalue weighted by Crippen LogP contribution is -2.15. The van der Waals surface area contributed by atoms with Crippen LogP contribution in [-0.4, -0.2) is 24.2 Å². The van der Waals surface area contributed by atoms with Crippen LogP contribution in [0.15, 0.2) is 18.2 Å². The van der Waals surface area contributed by atoms with Gasteiger partial charge in [-0.25, -0.2) is 0 Å². The van der Waals surface area contributed by atoms with Crippen LogP contribution in [0.2, 0.25) is 5.02 Å². The molecule has 0 N–H and O–H groups in total. The highest BCUT2D eigenvalue weighted by Gasteiger charge is 2.13. The summed E-state index contributed by atoms with van der Waals surface area (Å²) in [5.41, 5.74) is 0.615. The summed E-state index contributed by atoms with van der Waals surface area (Å²) in [4.78, 5) is 10.2. The minimum absolute atomic E-state index is 0.0558.